The van der Waals surface area contributed by atoms with Crippen LogP contribution in [0.5, 0.6) is 0 Å². The number of rotatable bonds is 2. The maximum Gasteiger partial charge on any atom is 0.495 e. The molecule has 3 aromatic rings. The average molecular weight is 335 g/mol. The van der Waals surface area contributed by atoms with E-state index in [2.05, 4.69) is 39.6 Å². The molecule has 1 aromatic carbocycles. The highest BCUT2D eigenvalue weighted by Gasteiger charge is 2.52. The van der Waals surface area contributed by atoms with Crippen LogP contribution >= 0.6 is 0 Å². The zero-order valence-electron chi connectivity index (χ0n) is 15.3. The van der Waals surface area contributed by atoms with Crippen molar-refractivity contribution in [3.8, 4) is 11.5 Å². The van der Waals surface area contributed by atoms with Gasteiger partial charge in [-0.05, 0) is 69.9 Å². The summed E-state index contributed by atoms with van der Waals surface area (Å²) >= 11 is 0. The van der Waals surface area contributed by atoms with Crippen LogP contribution in [0.3, 0.4) is 0 Å². The monoisotopic (exact) mass is 335 g/mol. The molecule has 0 amide bonds. The number of fused-ring (bicyclic) bond motifs is 1. The molecule has 1 fully saturated rings. The Bertz CT molecular complexity index is 915. The maximum atomic E-state index is 6.21. The first-order chi connectivity index (χ1) is 11.8. The van der Waals surface area contributed by atoms with Gasteiger partial charge in [-0.3, -0.25) is 4.98 Å². The van der Waals surface area contributed by atoms with Gasteiger partial charge < -0.3 is 13.7 Å². The van der Waals surface area contributed by atoms with Gasteiger partial charge in [0.1, 0.15) is 11.3 Å². The standard InChI is InChI=1S/C20H22BNO3/c1-13-14-12-18(16-8-6-7-11-22-16)23-17(14)10-9-15(13)21-24-19(2,3)20(4,5)25-21/h6-12H,1-5H3. The molecular weight excluding hydrogens is 313 g/mol. The van der Waals surface area contributed by atoms with Gasteiger partial charge >= 0.3 is 7.12 Å². The lowest BCUT2D eigenvalue weighted by Crippen LogP contribution is -2.41. The summed E-state index contributed by atoms with van der Waals surface area (Å²) in [4.78, 5) is 4.37. The topological polar surface area (TPSA) is 44.5 Å². The molecular formula is C20H22BNO3. The number of benzene rings is 1. The van der Waals surface area contributed by atoms with Crippen LogP contribution in [0.4, 0.5) is 0 Å². The van der Waals surface area contributed by atoms with Gasteiger partial charge in [0.2, 0.25) is 0 Å². The highest BCUT2D eigenvalue weighted by molar-refractivity contribution is 6.63. The quantitative estimate of drug-likeness (QED) is 0.662. The molecule has 1 saturated heterocycles. The molecule has 2 aromatic heterocycles. The van der Waals surface area contributed by atoms with E-state index in [4.69, 9.17) is 13.7 Å². The Labute approximate surface area is 148 Å². The molecule has 0 saturated carbocycles. The molecule has 25 heavy (non-hydrogen) atoms. The van der Waals surface area contributed by atoms with Crippen LogP contribution in [0.25, 0.3) is 22.4 Å². The van der Waals surface area contributed by atoms with Gasteiger partial charge in [0, 0.05) is 11.6 Å². The molecule has 1 aliphatic heterocycles. The van der Waals surface area contributed by atoms with Gasteiger partial charge in [-0.1, -0.05) is 12.1 Å². The van der Waals surface area contributed by atoms with Gasteiger partial charge in [0.15, 0.2) is 5.76 Å². The van der Waals surface area contributed by atoms with Crippen molar-refractivity contribution in [2.75, 3.05) is 0 Å². The number of nitrogens with zero attached hydrogens (tertiary/aromatic N) is 1. The van der Waals surface area contributed by atoms with Crippen molar-refractivity contribution in [3.63, 3.8) is 0 Å². The molecule has 4 nitrogen and oxygen atoms in total. The van der Waals surface area contributed by atoms with Gasteiger partial charge in [-0.25, -0.2) is 0 Å². The Hall–Kier alpha value is -2.11. The first-order valence-electron chi connectivity index (χ1n) is 8.59. The molecule has 128 valence electrons. The number of furan rings is 1. The highest BCUT2D eigenvalue weighted by Crippen LogP contribution is 2.37. The number of hydrogen-bond acceptors (Lipinski definition) is 4. The van der Waals surface area contributed by atoms with E-state index in [1.807, 2.05) is 36.4 Å². The molecule has 4 rings (SSSR count). The first kappa shape index (κ1) is 16.4. The Balaban J connectivity index is 1.77. The van der Waals surface area contributed by atoms with Crippen LogP contribution in [0, 0.1) is 6.92 Å². The smallest absolute Gasteiger partial charge is 0.454 e. The molecule has 0 N–H and O–H groups in total. The van der Waals surface area contributed by atoms with E-state index in [-0.39, 0.29) is 18.3 Å². The molecule has 0 aliphatic carbocycles. The summed E-state index contributed by atoms with van der Waals surface area (Å²) in [5.74, 6) is 0.768. The second kappa shape index (κ2) is 5.45. The van der Waals surface area contributed by atoms with Crippen molar-refractivity contribution in [2.45, 2.75) is 45.8 Å². The van der Waals surface area contributed by atoms with Crippen LogP contribution in [0.15, 0.2) is 47.0 Å². The third-order valence-electron chi connectivity index (χ3n) is 5.44. The third kappa shape index (κ3) is 2.59. The van der Waals surface area contributed by atoms with Crippen molar-refractivity contribution in [3.05, 3.63) is 48.2 Å². The minimum Gasteiger partial charge on any atom is -0.454 e. The van der Waals surface area contributed by atoms with Crippen LogP contribution in [0.1, 0.15) is 33.3 Å². The minimum absolute atomic E-state index is 0.353. The molecule has 3 heterocycles. The van der Waals surface area contributed by atoms with E-state index < -0.39 is 0 Å². The second-order valence-corrected chi connectivity index (χ2v) is 7.61. The lowest BCUT2D eigenvalue weighted by atomic mass is 9.75. The highest BCUT2D eigenvalue weighted by atomic mass is 16.7. The zero-order chi connectivity index (χ0) is 17.8. The molecule has 0 atom stereocenters. The third-order valence-corrected chi connectivity index (χ3v) is 5.44. The largest absolute Gasteiger partial charge is 0.495 e. The summed E-state index contributed by atoms with van der Waals surface area (Å²) in [6.45, 7) is 10.4. The van der Waals surface area contributed by atoms with Crippen LogP contribution in [0.2, 0.25) is 0 Å². The van der Waals surface area contributed by atoms with E-state index in [9.17, 15) is 0 Å². The second-order valence-electron chi connectivity index (χ2n) is 7.61. The van der Waals surface area contributed by atoms with Crippen molar-refractivity contribution in [1.29, 1.82) is 0 Å². The Morgan fingerprint density at radius 3 is 2.32 bits per heavy atom. The maximum absolute atomic E-state index is 6.21. The van der Waals surface area contributed by atoms with Crippen molar-refractivity contribution >= 4 is 23.6 Å². The van der Waals surface area contributed by atoms with Crippen molar-refractivity contribution in [2.24, 2.45) is 0 Å². The fourth-order valence-corrected chi connectivity index (χ4v) is 3.13. The lowest BCUT2D eigenvalue weighted by molar-refractivity contribution is 0.00578. The van der Waals surface area contributed by atoms with E-state index in [1.54, 1.807) is 6.20 Å². The zero-order valence-corrected chi connectivity index (χ0v) is 15.3. The summed E-state index contributed by atoms with van der Waals surface area (Å²) in [5, 5.41) is 1.06. The van der Waals surface area contributed by atoms with Crippen molar-refractivity contribution in [1.82, 2.24) is 4.98 Å². The average Bonchev–Trinajstić information content (AvgIpc) is 3.08. The summed E-state index contributed by atoms with van der Waals surface area (Å²) in [5.41, 5.74) is 3.12. The van der Waals surface area contributed by atoms with E-state index >= 15 is 0 Å². The first-order valence-corrected chi connectivity index (χ1v) is 8.59. The molecule has 0 unspecified atom stereocenters. The van der Waals surface area contributed by atoms with E-state index in [0.717, 1.165) is 33.4 Å². The number of aryl methyl sites for hydroxylation is 1. The molecule has 0 radical (unpaired) electrons. The number of pyridine rings is 1. The van der Waals surface area contributed by atoms with Gasteiger partial charge in [0.25, 0.3) is 0 Å². The molecule has 5 heteroatoms. The fourth-order valence-electron chi connectivity index (χ4n) is 3.13. The predicted octanol–water partition coefficient (Wildman–Crippen LogP) is 4.10. The SMILES string of the molecule is Cc1c(B2OC(C)(C)C(C)(C)O2)ccc2oc(-c3ccccn3)cc12. The summed E-state index contributed by atoms with van der Waals surface area (Å²) in [6, 6.07) is 11.9. The van der Waals surface area contributed by atoms with Gasteiger partial charge in [-0.15, -0.1) is 0 Å². The number of aromatic nitrogens is 1. The Morgan fingerprint density at radius 2 is 1.68 bits per heavy atom. The summed E-state index contributed by atoms with van der Waals surface area (Å²) in [7, 11) is -0.373. The summed E-state index contributed by atoms with van der Waals surface area (Å²) < 4.78 is 18.4. The minimum atomic E-state index is -0.373. The van der Waals surface area contributed by atoms with Crippen molar-refractivity contribution < 1.29 is 13.7 Å². The molecule has 0 bridgehead atoms. The molecule has 1 aliphatic rings. The fraction of sp³-hybridized carbons (Fsp3) is 0.350. The predicted molar refractivity (Wildman–Crippen MR) is 99.9 cm³/mol. The van der Waals surface area contributed by atoms with Gasteiger partial charge in [0.05, 0.1) is 11.2 Å². The van der Waals surface area contributed by atoms with E-state index in [1.165, 1.54) is 0 Å². The normalized spacial score (nSPS) is 18.8. The Kier molecular flexibility index (Phi) is 3.57. The summed E-state index contributed by atoms with van der Waals surface area (Å²) in [6.07, 6.45) is 1.77. The van der Waals surface area contributed by atoms with Gasteiger partial charge in [-0.2, -0.15) is 0 Å². The van der Waals surface area contributed by atoms with Crippen LogP contribution in [-0.4, -0.2) is 23.3 Å². The van der Waals surface area contributed by atoms with E-state index in [0.29, 0.717) is 0 Å². The van der Waals surface area contributed by atoms with Crippen LogP contribution in [-0.2, 0) is 9.31 Å². The van der Waals surface area contributed by atoms with Crippen LogP contribution < -0.4 is 5.46 Å². The Morgan fingerprint density at radius 1 is 0.960 bits per heavy atom. The molecule has 0 spiro atoms. The number of hydrogen-bond donors (Lipinski definition) is 0. The lowest BCUT2D eigenvalue weighted by Gasteiger charge is -2.32.